The smallest absolute Gasteiger partial charge is 0.310 e. The van der Waals surface area contributed by atoms with E-state index in [0.717, 1.165) is 24.9 Å². The highest BCUT2D eigenvalue weighted by atomic mass is 32.1. The van der Waals surface area contributed by atoms with Crippen molar-refractivity contribution in [2.24, 2.45) is 5.92 Å². The van der Waals surface area contributed by atoms with E-state index in [-0.39, 0.29) is 11.9 Å². The van der Waals surface area contributed by atoms with E-state index < -0.39 is 0 Å². The van der Waals surface area contributed by atoms with Crippen molar-refractivity contribution in [1.29, 1.82) is 0 Å². The van der Waals surface area contributed by atoms with E-state index >= 15 is 0 Å². The summed E-state index contributed by atoms with van der Waals surface area (Å²) in [5.41, 5.74) is 0.771. The van der Waals surface area contributed by atoms with E-state index in [1.165, 1.54) is 0 Å². The molecule has 0 spiro atoms. The Balaban J connectivity index is 1.74. The fourth-order valence-electron chi connectivity index (χ4n) is 3.26. The molecule has 0 bridgehead atoms. The number of benzene rings is 1. The van der Waals surface area contributed by atoms with E-state index in [0.29, 0.717) is 42.9 Å². The first-order chi connectivity index (χ1) is 13.1. The van der Waals surface area contributed by atoms with Crippen molar-refractivity contribution in [2.45, 2.75) is 33.4 Å². The first kappa shape index (κ1) is 19.6. The molecule has 0 radical (unpaired) electrons. The van der Waals surface area contributed by atoms with Gasteiger partial charge in [-0.05, 0) is 57.6 Å². The monoisotopic (exact) mass is 391 g/mol. The van der Waals surface area contributed by atoms with Gasteiger partial charge in [-0.3, -0.25) is 9.69 Å². The van der Waals surface area contributed by atoms with Crippen LogP contribution in [0.3, 0.4) is 0 Å². The van der Waals surface area contributed by atoms with Gasteiger partial charge in [0.2, 0.25) is 0 Å². The quantitative estimate of drug-likeness (QED) is 0.528. The molecule has 27 heavy (non-hydrogen) atoms. The second kappa shape index (κ2) is 9.14. The van der Waals surface area contributed by atoms with Crippen molar-refractivity contribution in [3.63, 3.8) is 0 Å². The van der Waals surface area contributed by atoms with Crippen LogP contribution in [0.4, 0.5) is 0 Å². The van der Waals surface area contributed by atoms with Crippen LogP contribution < -0.4 is 4.74 Å². The fraction of sp³-hybridized carbons (Fsp3) is 0.526. The summed E-state index contributed by atoms with van der Waals surface area (Å²) in [5.74, 6) is 0.918. The Bertz CT molecular complexity index is 832. The molecule has 0 saturated carbocycles. The summed E-state index contributed by atoms with van der Waals surface area (Å²) in [6.07, 6.45) is 1.79. The third-order valence-electron chi connectivity index (χ3n) is 4.48. The van der Waals surface area contributed by atoms with Crippen LogP contribution in [0.15, 0.2) is 28.7 Å². The molecule has 1 aliphatic rings. The van der Waals surface area contributed by atoms with Crippen LogP contribution in [0.2, 0.25) is 0 Å². The Hall–Kier alpha value is -2.19. The summed E-state index contributed by atoms with van der Waals surface area (Å²) in [4.78, 5) is 14.5. The second-order valence-corrected chi connectivity index (χ2v) is 6.76. The summed E-state index contributed by atoms with van der Waals surface area (Å²) in [6.45, 7) is 6.73. The molecule has 3 rings (SSSR count). The summed E-state index contributed by atoms with van der Waals surface area (Å²) < 4.78 is 18.2. The van der Waals surface area contributed by atoms with E-state index in [4.69, 9.17) is 26.1 Å². The van der Waals surface area contributed by atoms with Gasteiger partial charge in [0.05, 0.1) is 31.4 Å². The molecule has 0 aliphatic carbocycles. The van der Waals surface area contributed by atoms with Gasteiger partial charge < -0.3 is 13.9 Å². The molecule has 7 nitrogen and oxygen atoms in total. The first-order valence-electron chi connectivity index (χ1n) is 9.31. The lowest BCUT2D eigenvalue weighted by atomic mass is 9.99. The van der Waals surface area contributed by atoms with Gasteiger partial charge in [0.15, 0.2) is 0 Å². The van der Waals surface area contributed by atoms with E-state index in [1.54, 1.807) is 4.68 Å². The van der Waals surface area contributed by atoms with Gasteiger partial charge in [-0.1, -0.05) is 12.1 Å². The van der Waals surface area contributed by atoms with Crippen LogP contribution >= 0.6 is 12.2 Å². The maximum absolute atomic E-state index is 12.0. The van der Waals surface area contributed by atoms with Crippen molar-refractivity contribution in [3.8, 4) is 17.2 Å². The van der Waals surface area contributed by atoms with Gasteiger partial charge in [0, 0.05) is 6.54 Å². The lowest BCUT2D eigenvalue weighted by Gasteiger charge is -2.30. The molecule has 1 atom stereocenters. The Morgan fingerprint density at radius 2 is 2.15 bits per heavy atom. The molecule has 1 fully saturated rings. The third-order valence-corrected chi connectivity index (χ3v) is 4.78. The Morgan fingerprint density at radius 3 is 2.93 bits per heavy atom. The highest BCUT2D eigenvalue weighted by Crippen LogP contribution is 2.29. The van der Waals surface area contributed by atoms with Crippen LogP contribution in [-0.4, -0.2) is 47.0 Å². The molecule has 2 aromatic rings. The number of aromatic nitrogens is 2. The molecule has 1 aromatic carbocycles. The van der Waals surface area contributed by atoms with Gasteiger partial charge in [-0.2, -0.15) is 0 Å². The molecule has 1 saturated heterocycles. The standard InChI is InChI=1S/C19H25N3O4S/c1-3-24-16-10-6-5-9-15(16)17-20-22(19(27)26-17)13-21-11-7-8-14(12-21)18(23)25-4-2/h5-6,9-10,14H,3-4,7-8,11-13H2,1-2H3/t14-/m1/s1. The van der Waals surface area contributed by atoms with E-state index in [1.807, 2.05) is 38.1 Å². The summed E-state index contributed by atoms with van der Waals surface area (Å²) in [6, 6.07) is 7.59. The van der Waals surface area contributed by atoms with Gasteiger partial charge in [0.1, 0.15) is 5.75 Å². The minimum Gasteiger partial charge on any atom is -0.493 e. The molecule has 0 unspecified atom stereocenters. The number of carbonyl (C=O) groups is 1. The van der Waals surface area contributed by atoms with Gasteiger partial charge in [0.25, 0.3) is 10.7 Å². The highest BCUT2D eigenvalue weighted by Gasteiger charge is 2.27. The van der Waals surface area contributed by atoms with Crippen LogP contribution in [0.5, 0.6) is 5.75 Å². The number of hydrogen-bond donors (Lipinski definition) is 0. The minimum atomic E-state index is -0.128. The zero-order chi connectivity index (χ0) is 19.2. The third kappa shape index (κ3) is 4.75. The largest absolute Gasteiger partial charge is 0.493 e. The summed E-state index contributed by atoms with van der Waals surface area (Å²) >= 11 is 5.35. The highest BCUT2D eigenvalue weighted by molar-refractivity contribution is 7.71. The van der Waals surface area contributed by atoms with Crippen molar-refractivity contribution in [1.82, 2.24) is 14.7 Å². The molecule has 146 valence electrons. The molecule has 1 aliphatic heterocycles. The predicted octanol–water partition coefficient (Wildman–Crippen LogP) is 3.50. The number of carbonyl (C=O) groups excluding carboxylic acids is 1. The number of likely N-dealkylation sites (tertiary alicyclic amines) is 1. The molecule has 8 heteroatoms. The fourth-order valence-corrected chi connectivity index (χ4v) is 3.43. The molecular weight excluding hydrogens is 366 g/mol. The minimum absolute atomic E-state index is 0.0991. The normalized spacial score (nSPS) is 17.6. The van der Waals surface area contributed by atoms with Crippen molar-refractivity contribution < 1.29 is 18.7 Å². The zero-order valence-corrected chi connectivity index (χ0v) is 16.5. The number of rotatable bonds is 7. The number of piperidine rings is 1. The number of ether oxygens (including phenoxy) is 2. The van der Waals surface area contributed by atoms with Gasteiger partial charge in [-0.25, -0.2) is 4.68 Å². The van der Waals surface area contributed by atoms with Crippen molar-refractivity contribution in [3.05, 3.63) is 29.1 Å². The summed E-state index contributed by atoms with van der Waals surface area (Å²) in [5, 5.41) is 4.53. The molecule has 0 amide bonds. The van der Waals surface area contributed by atoms with Gasteiger partial charge >= 0.3 is 5.97 Å². The molecular formula is C19H25N3O4S. The molecule has 0 N–H and O–H groups in total. The average molecular weight is 391 g/mol. The average Bonchev–Trinajstić information content (AvgIpc) is 3.03. The Labute approximate surface area is 163 Å². The maximum Gasteiger partial charge on any atom is 0.310 e. The van der Waals surface area contributed by atoms with Crippen LogP contribution in [-0.2, 0) is 16.2 Å². The van der Waals surface area contributed by atoms with Crippen LogP contribution in [0.25, 0.3) is 11.5 Å². The van der Waals surface area contributed by atoms with E-state index in [2.05, 4.69) is 10.00 Å². The SMILES string of the molecule is CCOC(=O)[C@@H]1CCCN(Cn2nc(-c3ccccc3OCC)oc2=S)C1. The molecule has 2 heterocycles. The van der Waals surface area contributed by atoms with Crippen LogP contribution in [0.1, 0.15) is 26.7 Å². The molecule has 1 aromatic heterocycles. The van der Waals surface area contributed by atoms with E-state index in [9.17, 15) is 4.79 Å². The Morgan fingerprint density at radius 1 is 1.33 bits per heavy atom. The Kier molecular flexibility index (Phi) is 6.63. The lowest BCUT2D eigenvalue weighted by molar-refractivity contribution is -0.150. The van der Waals surface area contributed by atoms with Crippen molar-refractivity contribution in [2.75, 3.05) is 26.3 Å². The number of esters is 1. The predicted molar refractivity (Wildman–Crippen MR) is 103 cm³/mol. The zero-order valence-electron chi connectivity index (χ0n) is 15.7. The topological polar surface area (TPSA) is 69.7 Å². The second-order valence-electron chi connectivity index (χ2n) is 6.41. The number of hydrogen-bond acceptors (Lipinski definition) is 7. The first-order valence-corrected chi connectivity index (χ1v) is 9.72. The summed E-state index contributed by atoms with van der Waals surface area (Å²) in [7, 11) is 0. The maximum atomic E-state index is 12.0. The van der Waals surface area contributed by atoms with Gasteiger partial charge in [-0.15, -0.1) is 5.10 Å². The lowest BCUT2D eigenvalue weighted by Crippen LogP contribution is -2.40. The van der Waals surface area contributed by atoms with Crippen LogP contribution in [0, 0.1) is 10.8 Å². The van der Waals surface area contributed by atoms with Crippen molar-refractivity contribution >= 4 is 18.2 Å². The number of nitrogens with zero attached hydrogens (tertiary/aromatic N) is 3. The number of para-hydroxylation sites is 1.